The Morgan fingerprint density at radius 1 is 0.771 bits per heavy atom. The molecule has 0 spiro atoms. The summed E-state index contributed by atoms with van der Waals surface area (Å²) in [6.45, 7) is 2.15. The smallest absolute Gasteiger partial charge is 0.460 e. The summed E-state index contributed by atoms with van der Waals surface area (Å²) in [5.74, 6) is -37.9. The van der Waals surface area contributed by atoms with Crippen LogP contribution >= 0.6 is 0 Å². The highest BCUT2D eigenvalue weighted by Crippen LogP contribution is 2.60. The minimum Gasteiger partial charge on any atom is -0.487 e. The molecule has 0 saturated carbocycles. The van der Waals surface area contributed by atoms with Gasteiger partial charge in [0.05, 0.1) is 12.0 Å². The van der Waals surface area contributed by atoms with Crippen LogP contribution in [-0.2, 0) is 0 Å². The maximum Gasteiger partial charge on any atom is 0.460 e. The molecule has 1 aromatic rings. The fraction of sp³-hybridized carbons (Fsp3) is 0.632. The second kappa shape index (κ2) is 9.56. The molecule has 1 rings (SSSR count). The molecule has 35 heavy (non-hydrogen) atoms. The Labute approximate surface area is 190 Å². The van der Waals surface area contributed by atoms with Crippen molar-refractivity contribution in [1.29, 1.82) is 0 Å². The highest BCUT2D eigenvalue weighted by Gasteiger charge is 2.90. The van der Waals surface area contributed by atoms with Gasteiger partial charge in [0.25, 0.3) is 0 Å². The molecule has 0 N–H and O–H groups in total. The number of hydrogen-bond acceptors (Lipinski definition) is 2. The first-order valence-electron chi connectivity index (χ1n) is 9.42. The van der Waals surface area contributed by atoms with E-state index in [1.807, 2.05) is 0 Å². The van der Waals surface area contributed by atoms with E-state index in [2.05, 4.69) is 9.73 Å². The van der Waals surface area contributed by atoms with Gasteiger partial charge < -0.3 is 9.64 Å². The second-order valence-corrected chi connectivity index (χ2v) is 7.51. The first kappa shape index (κ1) is 30.6. The Bertz CT molecular complexity index is 926. The summed E-state index contributed by atoms with van der Waals surface area (Å²) in [5, 5.41) is 0. The number of hydrogen-bond donors (Lipinski definition) is 0. The zero-order chi connectivity index (χ0) is 27.8. The van der Waals surface area contributed by atoms with Crippen LogP contribution in [0.1, 0.15) is 18.1 Å². The molecule has 0 unspecified atom stereocenters. The predicted octanol–water partition coefficient (Wildman–Crippen LogP) is 7.03. The molecule has 0 radical (unpaired) electrons. The molecule has 0 atom stereocenters. The van der Waals surface area contributed by atoms with Crippen LogP contribution in [0.4, 0.5) is 62.8 Å². The molecular weight excluding hydrogens is 519 g/mol. The Hall–Kier alpha value is -2.42. The van der Waals surface area contributed by atoms with Gasteiger partial charge in [-0.05, 0) is 44.0 Å². The summed E-state index contributed by atoms with van der Waals surface area (Å²) in [6, 6.07) is 2.18. The molecule has 0 aliphatic heterocycles. The van der Waals surface area contributed by atoms with Crippen molar-refractivity contribution in [2.75, 3.05) is 20.2 Å². The van der Waals surface area contributed by atoms with Gasteiger partial charge in [0.1, 0.15) is 5.75 Å². The molecule has 3 nitrogen and oxygen atoms in total. The largest absolute Gasteiger partial charge is 0.487 e. The van der Waals surface area contributed by atoms with Crippen LogP contribution < -0.4 is 4.74 Å². The van der Waals surface area contributed by atoms with E-state index in [0.29, 0.717) is 6.54 Å². The molecule has 0 bridgehead atoms. The van der Waals surface area contributed by atoms with E-state index < -0.39 is 48.1 Å². The zero-order valence-electron chi connectivity index (χ0n) is 18.4. The lowest BCUT2D eigenvalue weighted by molar-refractivity contribution is -0.440. The monoisotopic (exact) mass is 538 g/mol. The van der Waals surface area contributed by atoms with Crippen molar-refractivity contribution in [3.63, 3.8) is 0 Å². The summed E-state index contributed by atoms with van der Waals surface area (Å²) in [4.78, 5) is 5.70. The van der Waals surface area contributed by atoms with Crippen molar-refractivity contribution in [2.45, 2.75) is 56.6 Å². The number of halogens is 13. The third-order valence-electron chi connectivity index (χ3n) is 4.79. The molecule has 0 fully saturated rings. The molecule has 0 heterocycles. The van der Waals surface area contributed by atoms with Crippen LogP contribution in [0.15, 0.2) is 17.1 Å². The number of benzene rings is 1. The maximum atomic E-state index is 13.9. The Kier molecular flexibility index (Phi) is 8.36. The van der Waals surface area contributed by atoms with Crippen molar-refractivity contribution in [3.8, 4) is 5.75 Å². The molecule has 16 heteroatoms. The van der Waals surface area contributed by atoms with Crippen LogP contribution in [0.3, 0.4) is 0 Å². The Morgan fingerprint density at radius 3 is 1.71 bits per heavy atom. The van der Waals surface area contributed by atoms with Crippen LogP contribution in [-0.4, -0.2) is 67.2 Å². The van der Waals surface area contributed by atoms with E-state index in [1.54, 1.807) is 18.9 Å². The third-order valence-corrected chi connectivity index (χ3v) is 4.79. The predicted molar refractivity (Wildman–Crippen MR) is 98.7 cm³/mol. The van der Waals surface area contributed by atoms with Gasteiger partial charge in [-0.2, -0.15) is 57.1 Å². The first-order valence-corrected chi connectivity index (χ1v) is 9.42. The van der Waals surface area contributed by atoms with E-state index in [9.17, 15) is 57.1 Å². The van der Waals surface area contributed by atoms with Gasteiger partial charge in [-0.3, -0.25) is 0 Å². The maximum absolute atomic E-state index is 13.9. The van der Waals surface area contributed by atoms with E-state index in [0.717, 1.165) is 6.07 Å². The summed E-state index contributed by atoms with van der Waals surface area (Å²) < 4.78 is 175. The van der Waals surface area contributed by atoms with Crippen molar-refractivity contribution in [3.05, 3.63) is 23.3 Å². The van der Waals surface area contributed by atoms with E-state index in [4.69, 9.17) is 0 Å². The zero-order valence-corrected chi connectivity index (χ0v) is 18.4. The lowest BCUT2D eigenvalue weighted by Crippen LogP contribution is -2.70. The minimum absolute atomic E-state index is 0.0540. The van der Waals surface area contributed by atoms with Gasteiger partial charge in [0, 0.05) is 13.6 Å². The van der Waals surface area contributed by atoms with E-state index in [-0.39, 0.29) is 16.8 Å². The van der Waals surface area contributed by atoms with Gasteiger partial charge in [-0.15, -0.1) is 0 Å². The van der Waals surface area contributed by atoms with Crippen LogP contribution in [0, 0.1) is 13.8 Å². The lowest BCUT2D eigenvalue weighted by Gasteiger charge is -2.39. The van der Waals surface area contributed by atoms with Gasteiger partial charge >= 0.3 is 35.8 Å². The normalized spacial score (nSPS) is 14.5. The molecule has 0 aliphatic rings. The van der Waals surface area contributed by atoms with Crippen molar-refractivity contribution < 1.29 is 61.8 Å². The number of ether oxygens (including phenoxy) is 1. The molecule has 0 amide bonds. The number of aryl methyl sites for hydroxylation is 2. The quantitative estimate of drug-likeness (QED) is 0.182. The average molecular weight is 538 g/mol. The lowest BCUT2D eigenvalue weighted by atomic mass is 9.94. The van der Waals surface area contributed by atoms with Crippen LogP contribution in [0.2, 0.25) is 0 Å². The minimum atomic E-state index is -7.94. The van der Waals surface area contributed by atoms with Crippen molar-refractivity contribution in [2.24, 2.45) is 4.99 Å². The number of nitrogens with zero attached hydrogens (tertiary/aromatic N) is 2. The molecule has 1 aromatic carbocycles. The topological polar surface area (TPSA) is 24.8 Å². The summed E-state index contributed by atoms with van der Waals surface area (Å²) >= 11 is 0. The van der Waals surface area contributed by atoms with Gasteiger partial charge in [0.2, 0.25) is 0 Å². The summed E-state index contributed by atoms with van der Waals surface area (Å²) in [6.07, 6.45) is -6.07. The van der Waals surface area contributed by atoms with E-state index in [1.165, 1.54) is 26.3 Å². The summed E-state index contributed by atoms with van der Waals surface area (Å²) in [7, 11) is 1.66. The van der Waals surface area contributed by atoms with Gasteiger partial charge in [-0.25, -0.2) is 4.99 Å². The number of alkyl halides is 13. The van der Waals surface area contributed by atoms with E-state index >= 15 is 0 Å². The molecular formula is C19H19F13N2O. The van der Waals surface area contributed by atoms with Gasteiger partial charge in [-0.1, -0.05) is 0 Å². The summed E-state index contributed by atoms with van der Waals surface area (Å²) in [5.41, 5.74) is 0.414. The number of rotatable bonds is 10. The molecule has 0 saturated heterocycles. The highest BCUT2D eigenvalue weighted by atomic mass is 19.4. The Morgan fingerprint density at radius 2 is 1.26 bits per heavy atom. The fourth-order valence-electron chi connectivity index (χ4n) is 2.37. The first-order chi connectivity index (χ1) is 15.5. The molecule has 0 aliphatic carbocycles. The highest BCUT2D eigenvalue weighted by molar-refractivity contribution is 5.64. The SMILES string of the molecule is CCN(C)C=Nc1cc(C)c(OCC(F)(F)C(F)(F)C(F)(F)C(F)(F)C(F)(F)C(F)(F)F)cc1C. The van der Waals surface area contributed by atoms with Crippen molar-refractivity contribution in [1.82, 2.24) is 4.90 Å². The Balaban J connectivity index is 3.27. The van der Waals surface area contributed by atoms with Crippen molar-refractivity contribution >= 4 is 12.0 Å². The standard InChI is InChI=1S/C19H19F13N2O/c1-5-34(4)9-33-12-6-11(3)13(7-10(12)2)35-8-14(20,21)15(22,23)16(24,25)17(26,27)18(28,29)19(30,31)32/h6-7,9H,5,8H2,1-4H3. The average Bonchev–Trinajstić information content (AvgIpc) is 2.71. The second-order valence-electron chi connectivity index (χ2n) is 7.51. The number of aliphatic imine (C=N–C) groups is 1. The van der Waals surface area contributed by atoms with Crippen LogP contribution in [0.5, 0.6) is 5.75 Å². The van der Waals surface area contributed by atoms with Crippen LogP contribution in [0.25, 0.3) is 0 Å². The third kappa shape index (κ3) is 5.39. The van der Waals surface area contributed by atoms with Gasteiger partial charge in [0.15, 0.2) is 6.61 Å². The molecule has 202 valence electrons. The fourth-order valence-corrected chi connectivity index (χ4v) is 2.37. The molecule has 0 aromatic heterocycles.